The van der Waals surface area contributed by atoms with Crippen LogP contribution in [0.1, 0.15) is 113 Å². The molecule has 5 saturated carbocycles. The van der Waals surface area contributed by atoms with Gasteiger partial charge in [-0.2, -0.15) is 0 Å². The van der Waals surface area contributed by atoms with Crippen molar-refractivity contribution in [2.75, 3.05) is 0 Å². The average molecular weight is 457 g/mol. The molecule has 0 aromatic rings. The van der Waals surface area contributed by atoms with Gasteiger partial charge in [-0.1, -0.05) is 48.5 Å². The van der Waals surface area contributed by atoms with Crippen molar-refractivity contribution < 1.29 is 14.6 Å². The molecule has 5 aliphatic carbocycles. The molecule has 0 aromatic carbocycles. The molecule has 1 heterocycles. The Morgan fingerprint density at radius 2 is 1.45 bits per heavy atom. The van der Waals surface area contributed by atoms with Crippen LogP contribution in [-0.4, -0.2) is 23.3 Å². The molecule has 186 valence electrons. The number of hydrogen-bond acceptors (Lipinski definition) is 3. The summed E-state index contributed by atoms with van der Waals surface area (Å²) in [5, 5.41) is 10.9. The number of esters is 1. The standard InChI is InChI=1S/C30H48O3/c1-25(2)14-16-30-17-15-28(6)18(22(30)23(25)33-24(30)32)8-9-20-27(5)12-11-21(31)26(3,4)19(27)10-13-29(20,28)7/h18-23,31H,8-17H2,1-7H3/t18-,19+,20-,21+,22+,23+,27+,28-,29-,30+/m1/s1. The topological polar surface area (TPSA) is 46.5 Å². The number of aliphatic hydroxyl groups excluding tert-OH is 1. The van der Waals surface area contributed by atoms with Gasteiger partial charge < -0.3 is 9.84 Å². The number of carbonyl (C=O) groups is 1. The van der Waals surface area contributed by atoms with Crippen molar-refractivity contribution >= 4 is 5.97 Å². The van der Waals surface area contributed by atoms with Gasteiger partial charge in [0.15, 0.2) is 0 Å². The molecular formula is C30H48O3. The molecule has 0 unspecified atom stereocenters. The average Bonchev–Trinajstić information content (AvgIpc) is 2.99. The minimum absolute atomic E-state index is 0.00939. The van der Waals surface area contributed by atoms with E-state index in [0.29, 0.717) is 28.6 Å². The Morgan fingerprint density at radius 1 is 0.758 bits per heavy atom. The lowest BCUT2D eigenvalue weighted by atomic mass is 9.31. The molecule has 0 aromatic heterocycles. The molecule has 0 radical (unpaired) electrons. The minimum Gasteiger partial charge on any atom is -0.461 e. The summed E-state index contributed by atoms with van der Waals surface area (Å²) in [6.45, 7) is 17.3. The van der Waals surface area contributed by atoms with Crippen LogP contribution in [0.25, 0.3) is 0 Å². The van der Waals surface area contributed by atoms with Gasteiger partial charge in [0.2, 0.25) is 0 Å². The number of fused-ring (bicyclic) bond motifs is 5. The summed E-state index contributed by atoms with van der Waals surface area (Å²) >= 11 is 0. The number of rotatable bonds is 0. The predicted molar refractivity (Wildman–Crippen MR) is 130 cm³/mol. The van der Waals surface area contributed by atoms with Crippen LogP contribution in [0.4, 0.5) is 0 Å². The van der Waals surface area contributed by atoms with Crippen molar-refractivity contribution in [1.82, 2.24) is 0 Å². The highest BCUT2D eigenvalue weighted by Crippen LogP contribution is 2.78. The van der Waals surface area contributed by atoms with E-state index in [-0.39, 0.29) is 39.8 Å². The van der Waals surface area contributed by atoms with E-state index in [4.69, 9.17) is 4.74 Å². The van der Waals surface area contributed by atoms with Gasteiger partial charge in [-0.25, -0.2) is 0 Å². The first kappa shape index (κ1) is 22.9. The van der Waals surface area contributed by atoms with Gasteiger partial charge in [0.1, 0.15) is 6.10 Å². The van der Waals surface area contributed by atoms with Crippen LogP contribution < -0.4 is 0 Å². The van der Waals surface area contributed by atoms with Crippen LogP contribution >= 0.6 is 0 Å². The summed E-state index contributed by atoms with van der Waals surface area (Å²) in [4.78, 5) is 13.3. The highest BCUT2D eigenvalue weighted by Gasteiger charge is 2.75. The van der Waals surface area contributed by atoms with Gasteiger partial charge in [0.05, 0.1) is 11.5 Å². The first-order chi connectivity index (χ1) is 15.2. The molecule has 0 amide bonds. The highest BCUT2D eigenvalue weighted by atomic mass is 16.6. The lowest BCUT2D eigenvalue weighted by Gasteiger charge is -2.73. The molecule has 6 rings (SSSR count). The number of aliphatic hydroxyl groups is 1. The number of carbonyl (C=O) groups excluding carboxylic acids is 1. The Balaban J connectivity index is 1.41. The van der Waals surface area contributed by atoms with Crippen LogP contribution in [0.2, 0.25) is 0 Å². The third kappa shape index (κ3) is 2.45. The first-order valence-electron chi connectivity index (χ1n) is 14.1. The number of ether oxygens (including phenoxy) is 1. The Morgan fingerprint density at radius 3 is 2.18 bits per heavy atom. The van der Waals surface area contributed by atoms with E-state index in [1.807, 2.05) is 0 Å². The fourth-order valence-electron chi connectivity index (χ4n) is 11.8. The van der Waals surface area contributed by atoms with Gasteiger partial charge in [-0.15, -0.1) is 0 Å². The van der Waals surface area contributed by atoms with Crippen molar-refractivity contribution in [3.8, 4) is 0 Å². The zero-order valence-corrected chi connectivity index (χ0v) is 22.3. The molecule has 10 atom stereocenters. The Kier molecular flexibility index (Phi) is 4.44. The Labute approximate surface area is 201 Å². The van der Waals surface area contributed by atoms with E-state index in [9.17, 15) is 9.90 Å². The van der Waals surface area contributed by atoms with Crippen LogP contribution in [0.3, 0.4) is 0 Å². The quantitative estimate of drug-likeness (QED) is 0.409. The monoisotopic (exact) mass is 456 g/mol. The zero-order valence-electron chi connectivity index (χ0n) is 22.3. The van der Waals surface area contributed by atoms with Gasteiger partial charge >= 0.3 is 5.97 Å². The molecule has 1 N–H and O–H groups in total. The van der Waals surface area contributed by atoms with E-state index in [0.717, 1.165) is 31.6 Å². The largest absolute Gasteiger partial charge is 0.461 e. The Hall–Kier alpha value is -0.570. The van der Waals surface area contributed by atoms with E-state index in [1.54, 1.807) is 0 Å². The third-order valence-electron chi connectivity index (χ3n) is 14.0. The van der Waals surface area contributed by atoms with Crippen molar-refractivity contribution in [3.63, 3.8) is 0 Å². The Bertz CT molecular complexity index is 876. The summed E-state index contributed by atoms with van der Waals surface area (Å²) in [5.41, 5.74) is 0.823. The number of hydrogen-bond donors (Lipinski definition) is 1. The summed E-state index contributed by atoms with van der Waals surface area (Å²) in [6, 6.07) is 0. The third-order valence-corrected chi connectivity index (χ3v) is 14.0. The second-order valence-corrected chi connectivity index (χ2v) is 15.5. The predicted octanol–water partition coefficient (Wildman–Crippen LogP) is 6.76. The fraction of sp³-hybridized carbons (Fsp3) is 0.967. The van der Waals surface area contributed by atoms with Crippen LogP contribution in [-0.2, 0) is 9.53 Å². The molecule has 1 saturated heterocycles. The maximum Gasteiger partial charge on any atom is 0.312 e. The first-order valence-corrected chi connectivity index (χ1v) is 14.1. The molecule has 33 heavy (non-hydrogen) atoms. The minimum atomic E-state index is -0.189. The molecule has 1 aliphatic heterocycles. The van der Waals surface area contributed by atoms with Crippen LogP contribution in [0, 0.1) is 56.2 Å². The van der Waals surface area contributed by atoms with Crippen molar-refractivity contribution in [2.45, 2.75) is 125 Å². The molecule has 3 heteroatoms. The van der Waals surface area contributed by atoms with Crippen LogP contribution in [0.15, 0.2) is 0 Å². The SMILES string of the molecule is CC1(C)CC[C@]23CC[C@]4(C)[C@H](CC[C@@H]5[C@@]6(C)CC[C@H](O)C(C)(C)[C@@H]6CC[C@]54C)[C@H]2[C@@H]1OC3=O. The second kappa shape index (κ2) is 6.40. The van der Waals surface area contributed by atoms with Gasteiger partial charge in [0.25, 0.3) is 0 Å². The summed E-state index contributed by atoms with van der Waals surface area (Å²) < 4.78 is 6.28. The maximum atomic E-state index is 13.3. The normalized spacial score (nSPS) is 58.4. The van der Waals surface area contributed by atoms with E-state index in [2.05, 4.69) is 48.5 Å². The fourth-order valence-corrected chi connectivity index (χ4v) is 11.8. The molecular weight excluding hydrogens is 408 g/mol. The molecule has 6 fully saturated rings. The van der Waals surface area contributed by atoms with Gasteiger partial charge in [-0.05, 0) is 104 Å². The van der Waals surface area contributed by atoms with Crippen molar-refractivity contribution in [3.05, 3.63) is 0 Å². The van der Waals surface area contributed by atoms with E-state index in [1.165, 1.54) is 38.5 Å². The lowest BCUT2D eigenvalue weighted by Crippen LogP contribution is -2.67. The maximum absolute atomic E-state index is 13.3. The van der Waals surface area contributed by atoms with E-state index < -0.39 is 0 Å². The highest BCUT2D eigenvalue weighted by molar-refractivity contribution is 5.81. The van der Waals surface area contributed by atoms with Gasteiger partial charge in [0, 0.05) is 11.3 Å². The zero-order chi connectivity index (χ0) is 23.8. The smallest absolute Gasteiger partial charge is 0.312 e. The lowest BCUT2D eigenvalue weighted by molar-refractivity contribution is -0.252. The molecule has 0 spiro atoms. The summed E-state index contributed by atoms with van der Waals surface area (Å²) in [7, 11) is 0. The second-order valence-electron chi connectivity index (χ2n) is 15.5. The summed E-state index contributed by atoms with van der Waals surface area (Å²) in [5.74, 6) is 2.50. The molecule has 3 nitrogen and oxygen atoms in total. The molecule has 2 bridgehead atoms. The van der Waals surface area contributed by atoms with Crippen molar-refractivity contribution in [1.29, 1.82) is 0 Å². The van der Waals surface area contributed by atoms with Gasteiger partial charge in [-0.3, -0.25) is 4.79 Å². The van der Waals surface area contributed by atoms with Crippen molar-refractivity contribution in [2.24, 2.45) is 56.2 Å². The van der Waals surface area contributed by atoms with Crippen LogP contribution in [0.5, 0.6) is 0 Å². The molecule has 6 aliphatic rings. The summed E-state index contributed by atoms with van der Waals surface area (Å²) in [6.07, 6.45) is 11.6. The van der Waals surface area contributed by atoms with E-state index >= 15 is 0 Å².